The van der Waals surface area contributed by atoms with Gasteiger partial charge in [0.15, 0.2) is 5.82 Å². The molecular formula is C14H17N3. The SMILES string of the molecule is c1ccc2[nH]c(N=NC3CCCCC3)cc2c1. The Kier molecular flexibility index (Phi) is 2.90. The zero-order valence-corrected chi connectivity index (χ0v) is 9.89. The van der Waals surface area contributed by atoms with Gasteiger partial charge in [-0.3, -0.25) is 0 Å². The van der Waals surface area contributed by atoms with E-state index in [4.69, 9.17) is 0 Å². The van der Waals surface area contributed by atoms with Crippen LogP contribution in [0.15, 0.2) is 40.6 Å². The van der Waals surface area contributed by atoms with Gasteiger partial charge in [0.2, 0.25) is 0 Å². The highest BCUT2D eigenvalue weighted by molar-refractivity contribution is 5.82. The fourth-order valence-corrected chi connectivity index (χ4v) is 2.45. The van der Waals surface area contributed by atoms with Gasteiger partial charge in [0, 0.05) is 10.9 Å². The molecule has 3 nitrogen and oxygen atoms in total. The molecule has 88 valence electrons. The van der Waals surface area contributed by atoms with Crippen molar-refractivity contribution in [2.24, 2.45) is 10.2 Å². The summed E-state index contributed by atoms with van der Waals surface area (Å²) >= 11 is 0. The average molecular weight is 227 g/mol. The first-order valence-electron chi connectivity index (χ1n) is 6.40. The molecule has 0 spiro atoms. The molecule has 0 amide bonds. The molecule has 17 heavy (non-hydrogen) atoms. The molecule has 0 atom stereocenters. The van der Waals surface area contributed by atoms with Gasteiger partial charge in [0.1, 0.15) is 0 Å². The molecule has 1 aliphatic carbocycles. The number of nitrogens with one attached hydrogen (secondary N) is 1. The lowest BCUT2D eigenvalue weighted by molar-refractivity contribution is 0.432. The molecule has 0 unspecified atom stereocenters. The van der Waals surface area contributed by atoms with Crippen LogP contribution in [0, 0.1) is 0 Å². The van der Waals surface area contributed by atoms with Crippen molar-refractivity contribution in [3.05, 3.63) is 30.3 Å². The summed E-state index contributed by atoms with van der Waals surface area (Å²) in [4.78, 5) is 3.27. The molecule has 3 heteroatoms. The van der Waals surface area contributed by atoms with E-state index in [1.807, 2.05) is 12.1 Å². The highest BCUT2D eigenvalue weighted by Crippen LogP contribution is 2.24. The number of aromatic nitrogens is 1. The number of fused-ring (bicyclic) bond motifs is 1. The van der Waals surface area contributed by atoms with Crippen molar-refractivity contribution in [3.63, 3.8) is 0 Å². The predicted molar refractivity (Wildman–Crippen MR) is 69.7 cm³/mol. The normalized spacial score (nSPS) is 18.1. The van der Waals surface area contributed by atoms with Gasteiger partial charge in [-0.25, -0.2) is 0 Å². The number of aromatic amines is 1. The highest BCUT2D eigenvalue weighted by Gasteiger charge is 2.11. The average Bonchev–Trinajstić information content (AvgIpc) is 2.80. The number of azo groups is 1. The van der Waals surface area contributed by atoms with Crippen LogP contribution in [0.3, 0.4) is 0 Å². The van der Waals surface area contributed by atoms with Crippen LogP contribution >= 0.6 is 0 Å². The van der Waals surface area contributed by atoms with Crippen molar-refractivity contribution >= 4 is 16.7 Å². The minimum atomic E-state index is 0.440. The molecule has 2 aromatic rings. The van der Waals surface area contributed by atoms with Crippen molar-refractivity contribution in [3.8, 4) is 0 Å². The second-order valence-electron chi connectivity index (χ2n) is 4.75. The van der Waals surface area contributed by atoms with Crippen LogP contribution in [0.1, 0.15) is 32.1 Å². The van der Waals surface area contributed by atoms with E-state index in [1.54, 1.807) is 0 Å². The lowest BCUT2D eigenvalue weighted by atomic mass is 9.96. The Bertz CT molecular complexity index is 488. The summed E-state index contributed by atoms with van der Waals surface area (Å²) in [5.41, 5.74) is 1.13. The van der Waals surface area contributed by atoms with Gasteiger partial charge in [-0.05, 0) is 25.0 Å². The highest BCUT2D eigenvalue weighted by atomic mass is 15.2. The summed E-state index contributed by atoms with van der Waals surface area (Å²) < 4.78 is 0. The molecule has 1 aromatic heterocycles. The Labute approximate surface area is 101 Å². The van der Waals surface area contributed by atoms with Gasteiger partial charge >= 0.3 is 0 Å². The first kappa shape index (κ1) is 10.5. The van der Waals surface area contributed by atoms with Crippen LogP contribution < -0.4 is 0 Å². The number of H-pyrrole nitrogens is 1. The van der Waals surface area contributed by atoms with Crippen molar-refractivity contribution < 1.29 is 0 Å². The molecule has 1 heterocycles. The van der Waals surface area contributed by atoms with E-state index >= 15 is 0 Å². The molecule has 1 aromatic carbocycles. The quantitative estimate of drug-likeness (QED) is 0.729. The van der Waals surface area contributed by atoms with E-state index in [-0.39, 0.29) is 0 Å². The van der Waals surface area contributed by atoms with Crippen LogP contribution in [0.2, 0.25) is 0 Å². The summed E-state index contributed by atoms with van der Waals surface area (Å²) in [7, 11) is 0. The molecule has 1 N–H and O–H groups in total. The molecular weight excluding hydrogens is 210 g/mol. The Hall–Kier alpha value is -1.64. The predicted octanol–water partition coefficient (Wildman–Crippen LogP) is 4.58. The molecule has 0 aliphatic heterocycles. The largest absolute Gasteiger partial charge is 0.338 e. The van der Waals surface area contributed by atoms with Gasteiger partial charge in [-0.1, -0.05) is 37.5 Å². The lowest BCUT2D eigenvalue weighted by Gasteiger charge is -2.15. The van der Waals surface area contributed by atoms with Crippen LogP contribution in [-0.2, 0) is 0 Å². The van der Waals surface area contributed by atoms with Gasteiger partial charge in [0.05, 0.1) is 6.04 Å². The maximum Gasteiger partial charge on any atom is 0.153 e. The van der Waals surface area contributed by atoms with Crippen LogP contribution in [0.25, 0.3) is 10.9 Å². The number of nitrogens with zero attached hydrogens (tertiary/aromatic N) is 2. The van der Waals surface area contributed by atoms with Crippen molar-refractivity contribution in [2.75, 3.05) is 0 Å². The third kappa shape index (κ3) is 2.38. The van der Waals surface area contributed by atoms with Crippen molar-refractivity contribution in [2.45, 2.75) is 38.1 Å². The number of hydrogen-bond acceptors (Lipinski definition) is 2. The van der Waals surface area contributed by atoms with Crippen LogP contribution in [-0.4, -0.2) is 11.0 Å². The van der Waals surface area contributed by atoms with E-state index in [0.29, 0.717) is 6.04 Å². The Morgan fingerprint density at radius 3 is 2.71 bits per heavy atom. The summed E-state index contributed by atoms with van der Waals surface area (Å²) in [6.45, 7) is 0. The van der Waals surface area contributed by atoms with Crippen molar-refractivity contribution in [1.29, 1.82) is 0 Å². The zero-order chi connectivity index (χ0) is 11.5. The van der Waals surface area contributed by atoms with Crippen LogP contribution in [0.5, 0.6) is 0 Å². The first-order chi connectivity index (χ1) is 8.42. The van der Waals surface area contributed by atoms with E-state index in [9.17, 15) is 0 Å². The first-order valence-corrected chi connectivity index (χ1v) is 6.40. The van der Waals surface area contributed by atoms with Gasteiger partial charge in [-0.2, -0.15) is 5.11 Å². The summed E-state index contributed by atoms with van der Waals surface area (Å²) in [5.74, 6) is 0.872. The third-order valence-corrected chi connectivity index (χ3v) is 3.42. The standard InChI is InChI=1S/C14H17N3/c1-2-7-12(8-3-1)16-17-14-10-11-6-4-5-9-13(11)15-14/h4-6,9-10,12,15H,1-3,7-8H2. The monoisotopic (exact) mass is 227 g/mol. The second kappa shape index (κ2) is 4.70. The molecule has 1 saturated carbocycles. The molecule has 0 saturated heterocycles. The molecule has 0 radical (unpaired) electrons. The number of hydrogen-bond donors (Lipinski definition) is 1. The molecule has 1 fully saturated rings. The van der Waals surface area contributed by atoms with Gasteiger partial charge < -0.3 is 4.98 Å². The maximum absolute atomic E-state index is 4.44. The van der Waals surface area contributed by atoms with E-state index < -0.39 is 0 Å². The van der Waals surface area contributed by atoms with E-state index in [2.05, 4.69) is 33.4 Å². The second-order valence-corrected chi connectivity index (χ2v) is 4.75. The zero-order valence-electron chi connectivity index (χ0n) is 9.89. The van der Waals surface area contributed by atoms with E-state index in [1.165, 1.54) is 37.5 Å². The minimum Gasteiger partial charge on any atom is -0.338 e. The molecule has 0 bridgehead atoms. The molecule has 3 rings (SSSR count). The summed E-state index contributed by atoms with van der Waals surface area (Å²) in [6, 6.07) is 10.7. The maximum atomic E-state index is 4.44. The Balaban J connectivity index is 1.77. The van der Waals surface area contributed by atoms with Gasteiger partial charge in [0.25, 0.3) is 0 Å². The fraction of sp³-hybridized carbons (Fsp3) is 0.429. The Morgan fingerprint density at radius 2 is 1.88 bits per heavy atom. The third-order valence-electron chi connectivity index (χ3n) is 3.42. The topological polar surface area (TPSA) is 40.5 Å². The Morgan fingerprint density at radius 1 is 1.06 bits per heavy atom. The summed E-state index contributed by atoms with van der Waals surface area (Å²) in [6.07, 6.45) is 6.36. The molecule has 1 aliphatic rings. The smallest absolute Gasteiger partial charge is 0.153 e. The van der Waals surface area contributed by atoms with Crippen molar-refractivity contribution in [1.82, 2.24) is 4.98 Å². The fourth-order valence-electron chi connectivity index (χ4n) is 2.45. The summed E-state index contributed by atoms with van der Waals surface area (Å²) in [5, 5.41) is 9.98. The number of benzene rings is 1. The van der Waals surface area contributed by atoms with Crippen LogP contribution in [0.4, 0.5) is 5.82 Å². The lowest BCUT2D eigenvalue weighted by Crippen LogP contribution is -2.08. The number of rotatable bonds is 2. The van der Waals surface area contributed by atoms with Gasteiger partial charge in [-0.15, -0.1) is 5.11 Å². The van der Waals surface area contributed by atoms with E-state index in [0.717, 1.165) is 11.3 Å². The minimum absolute atomic E-state index is 0.440. The number of para-hydroxylation sites is 1.